The maximum atomic E-state index is 12.2. The van der Waals surface area contributed by atoms with Crippen molar-refractivity contribution in [1.29, 1.82) is 0 Å². The molecule has 0 N–H and O–H groups in total. The van der Waals surface area contributed by atoms with Crippen molar-refractivity contribution >= 4 is 23.9 Å². The van der Waals surface area contributed by atoms with Crippen molar-refractivity contribution in [3.05, 3.63) is 61.8 Å². The summed E-state index contributed by atoms with van der Waals surface area (Å²) < 4.78 is 41.2. The van der Waals surface area contributed by atoms with Gasteiger partial charge in [-0.3, -0.25) is 19.2 Å². The number of esters is 4. The van der Waals surface area contributed by atoms with Crippen LogP contribution < -0.4 is 0 Å². The molecule has 2 atom stereocenters. The Morgan fingerprint density at radius 1 is 0.516 bits per heavy atom. The zero-order valence-corrected chi connectivity index (χ0v) is 40.1. The Labute approximate surface area is 387 Å². The van der Waals surface area contributed by atoms with Crippen molar-refractivity contribution in [2.45, 2.75) is 179 Å². The molecule has 0 aliphatic heterocycles. The highest BCUT2D eigenvalue weighted by Gasteiger charge is 2.17. The molecule has 12 nitrogen and oxygen atoms in total. The average molecular weight is 905 g/mol. The number of ether oxygens (including phenoxy) is 8. The van der Waals surface area contributed by atoms with Crippen LogP contribution >= 0.6 is 0 Å². The van der Waals surface area contributed by atoms with Crippen LogP contribution in [-0.2, 0) is 57.1 Å². The molecule has 0 saturated carbocycles. The molecule has 0 aromatic heterocycles. The van der Waals surface area contributed by atoms with Crippen molar-refractivity contribution in [1.82, 2.24) is 0 Å². The summed E-state index contributed by atoms with van der Waals surface area (Å²) in [5.74, 6) is -1.50. The van der Waals surface area contributed by atoms with E-state index in [0.717, 1.165) is 77.0 Å². The van der Waals surface area contributed by atoms with Gasteiger partial charge in [0.25, 0.3) is 0 Å². The number of carbonyl (C=O) groups excluding carboxylic acids is 4. The molecule has 0 aromatic rings. The molecule has 0 saturated heterocycles. The van der Waals surface area contributed by atoms with Crippen LogP contribution in [0.15, 0.2) is 61.8 Å². The second kappa shape index (κ2) is 48.9. The molecule has 0 heterocycles. The van der Waals surface area contributed by atoms with Gasteiger partial charge in [0.2, 0.25) is 0 Å². The van der Waals surface area contributed by atoms with Crippen molar-refractivity contribution in [3.63, 3.8) is 0 Å². The molecule has 2 rings (SSSR count). The summed E-state index contributed by atoms with van der Waals surface area (Å²) in [5, 5.41) is 0. The van der Waals surface area contributed by atoms with Crippen LogP contribution in [0.1, 0.15) is 167 Å². The summed E-state index contributed by atoms with van der Waals surface area (Å²) >= 11 is 0. The van der Waals surface area contributed by atoms with E-state index in [2.05, 4.69) is 49.6 Å². The number of carbonyl (C=O) groups is 4. The molecule has 0 radical (unpaired) electrons. The van der Waals surface area contributed by atoms with Gasteiger partial charge >= 0.3 is 23.9 Å². The molecule has 2 aliphatic carbocycles. The van der Waals surface area contributed by atoms with Gasteiger partial charge in [0.05, 0.1) is 65.3 Å². The first-order valence-corrected chi connectivity index (χ1v) is 24.4. The summed E-state index contributed by atoms with van der Waals surface area (Å²) in [6.45, 7) is 10.4. The topological polar surface area (TPSA) is 142 Å². The minimum absolute atomic E-state index is 0.0168. The molecule has 0 spiro atoms. The Bertz CT molecular complexity index is 1220. The highest BCUT2D eigenvalue weighted by atomic mass is 16.6. The first-order valence-electron chi connectivity index (χ1n) is 24.4. The quantitative estimate of drug-likeness (QED) is 0.0262. The van der Waals surface area contributed by atoms with E-state index in [1.54, 1.807) is 14.2 Å². The van der Waals surface area contributed by atoms with E-state index in [1.165, 1.54) is 64.2 Å². The van der Waals surface area contributed by atoms with E-state index in [4.69, 9.17) is 37.9 Å². The fourth-order valence-electron chi connectivity index (χ4n) is 6.49. The summed E-state index contributed by atoms with van der Waals surface area (Å²) in [5.41, 5.74) is 0. The molecule has 368 valence electrons. The molecular formula is C52H88O12. The Morgan fingerprint density at radius 3 is 1.61 bits per heavy atom. The third kappa shape index (κ3) is 45.0. The molecule has 0 fully saturated rings. The van der Waals surface area contributed by atoms with E-state index < -0.39 is 11.9 Å². The Morgan fingerprint density at radius 2 is 1.02 bits per heavy atom. The maximum absolute atomic E-state index is 12.2. The average Bonchev–Trinajstić information content (AvgIpc) is 3.26. The Hall–Kier alpha value is -3.58. The van der Waals surface area contributed by atoms with Gasteiger partial charge in [-0.15, -0.1) is 13.2 Å². The lowest BCUT2D eigenvalue weighted by Gasteiger charge is -2.18. The molecule has 12 heteroatoms. The largest absolute Gasteiger partial charge is 0.463 e. The predicted molar refractivity (Wildman–Crippen MR) is 255 cm³/mol. The fraction of sp³-hybridized carbons (Fsp3) is 0.731. The fourth-order valence-corrected chi connectivity index (χ4v) is 6.49. The second-order valence-electron chi connectivity index (χ2n) is 15.9. The third-order valence-electron chi connectivity index (χ3n) is 10.2. The highest BCUT2D eigenvalue weighted by Crippen LogP contribution is 2.17. The van der Waals surface area contributed by atoms with Crippen LogP contribution in [-0.4, -0.2) is 103 Å². The molecule has 2 unspecified atom stereocenters. The summed E-state index contributed by atoms with van der Waals surface area (Å²) in [4.78, 5) is 47.3. The van der Waals surface area contributed by atoms with E-state index >= 15 is 0 Å². The van der Waals surface area contributed by atoms with Gasteiger partial charge in [-0.25, -0.2) is 0 Å². The smallest absolute Gasteiger partial charge is 0.306 e. The molecular weight excluding hydrogens is 817 g/mol. The zero-order valence-electron chi connectivity index (χ0n) is 40.1. The highest BCUT2D eigenvalue weighted by molar-refractivity contribution is 5.78. The van der Waals surface area contributed by atoms with E-state index in [-0.39, 0.29) is 63.0 Å². The number of hydrogen-bond donors (Lipinski definition) is 0. The monoisotopic (exact) mass is 905 g/mol. The third-order valence-corrected chi connectivity index (χ3v) is 10.2. The normalized spacial score (nSPS) is 15.9. The van der Waals surface area contributed by atoms with Crippen LogP contribution in [0.5, 0.6) is 0 Å². The van der Waals surface area contributed by atoms with Crippen LogP contribution in [0, 0.1) is 0 Å². The molecule has 0 amide bonds. The van der Waals surface area contributed by atoms with Gasteiger partial charge in [0, 0.05) is 14.2 Å². The van der Waals surface area contributed by atoms with Gasteiger partial charge in [-0.2, -0.15) is 0 Å². The van der Waals surface area contributed by atoms with E-state index in [9.17, 15) is 19.2 Å². The van der Waals surface area contributed by atoms with E-state index in [0.29, 0.717) is 39.6 Å². The molecule has 0 bridgehead atoms. The van der Waals surface area contributed by atoms with Crippen molar-refractivity contribution in [2.24, 2.45) is 0 Å². The van der Waals surface area contributed by atoms with Gasteiger partial charge in [-0.1, -0.05) is 74.3 Å². The lowest BCUT2D eigenvalue weighted by molar-refractivity contribution is -0.154. The lowest BCUT2D eigenvalue weighted by atomic mass is 10.0. The van der Waals surface area contributed by atoms with Crippen LogP contribution in [0.3, 0.4) is 0 Å². The van der Waals surface area contributed by atoms with Crippen LogP contribution in [0.2, 0.25) is 0 Å². The lowest BCUT2D eigenvalue weighted by Crippen LogP contribution is -2.20. The summed E-state index contributed by atoms with van der Waals surface area (Å²) in [6, 6.07) is 0. The SMILES string of the molecule is C1=CCCCCCC1.C=CCCCCCCC=CCCC(CCCC=C)OC(=O)CCC(=O)OCCOCCOC.COCCOCCOC(=O)CCC(=O)OC1CC/C=C\CCC1. The molecule has 64 heavy (non-hydrogen) atoms. The van der Waals surface area contributed by atoms with Crippen molar-refractivity contribution < 1.29 is 57.1 Å². The second-order valence-corrected chi connectivity index (χ2v) is 15.9. The number of rotatable bonds is 34. The standard InChI is InChI=1S/C27H46O6.C17H28O6.C8H14/c1-4-6-8-9-10-11-12-13-14-16-18-25(17-15-7-5-2)33-27(29)20-19-26(28)32-24-23-31-22-21-30-3;1-20-11-12-21-13-14-22-16(18)9-10-17(19)23-15-7-5-3-2-4-6-8-15;1-2-4-6-8-7-5-3-1/h4-5,13-14,25H,1-2,6-12,15-24H2,3H3;2-3,15H,4-14H2,1H3;1-2H,3-8H2/b;3-2-;. The van der Waals surface area contributed by atoms with Gasteiger partial charge in [0.1, 0.15) is 25.4 Å². The zero-order chi connectivity index (χ0) is 46.8. The summed E-state index contributed by atoms with van der Waals surface area (Å²) in [6.07, 6.45) is 41.8. The number of methoxy groups -OCH3 is 2. The first kappa shape index (κ1) is 60.4. The van der Waals surface area contributed by atoms with Crippen molar-refractivity contribution in [2.75, 3.05) is 67.1 Å². The van der Waals surface area contributed by atoms with Crippen molar-refractivity contribution in [3.8, 4) is 0 Å². The Balaban J connectivity index is 0.00000109. The van der Waals surface area contributed by atoms with Gasteiger partial charge in [-0.05, 0) is 116 Å². The first-order chi connectivity index (χ1) is 31.4. The number of hydrogen-bond acceptors (Lipinski definition) is 12. The maximum Gasteiger partial charge on any atom is 0.306 e. The van der Waals surface area contributed by atoms with Gasteiger partial charge in [0.15, 0.2) is 0 Å². The molecule has 0 aromatic carbocycles. The Kier molecular flexibility index (Phi) is 46.1. The number of allylic oxidation sites excluding steroid dienone is 8. The van der Waals surface area contributed by atoms with Crippen LogP contribution in [0.4, 0.5) is 0 Å². The minimum Gasteiger partial charge on any atom is -0.463 e. The number of unbranched alkanes of at least 4 members (excludes halogenated alkanes) is 6. The minimum atomic E-state index is -0.419. The summed E-state index contributed by atoms with van der Waals surface area (Å²) in [7, 11) is 3.19. The van der Waals surface area contributed by atoms with E-state index in [1.807, 2.05) is 12.2 Å². The van der Waals surface area contributed by atoms with Crippen LogP contribution in [0.25, 0.3) is 0 Å². The van der Waals surface area contributed by atoms with Gasteiger partial charge < -0.3 is 37.9 Å². The molecule has 2 aliphatic rings. The predicted octanol–water partition coefficient (Wildman–Crippen LogP) is 11.4.